The maximum atomic E-state index is 10.6. The fourth-order valence-corrected chi connectivity index (χ4v) is 2.56. The van der Waals surface area contributed by atoms with Crippen LogP contribution in [-0.4, -0.2) is 17.0 Å². The van der Waals surface area contributed by atoms with Crippen LogP contribution in [-0.2, 0) is 4.79 Å². The summed E-state index contributed by atoms with van der Waals surface area (Å²) in [5.41, 5.74) is 0. The zero-order valence-electron chi connectivity index (χ0n) is 6.39. The monoisotopic (exact) mass is 159 g/mol. The number of hydrogen-bond donors (Lipinski definition) is 1. The van der Waals surface area contributed by atoms with Crippen molar-refractivity contribution in [2.24, 2.45) is 5.92 Å². The first-order chi connectivity index (χ1) is 4.70. The smallest absolute Gasteiger partial charge is 0.217 e. The van der Waals surface area contributed by atoms with Crippen LogP contribution in [0.3, 0.4) is 0 Å². The molecule has 2 nitrogen and oxygen atoms in total. The third kappa shape index (κ3) is 1.90. The largest absolute Gasteiger partial charge is 0.344 e. The van der Waals surface area contributed by atoms with E-state index >= 15 is 0 Å². The molecule has 1 saturated heterocycles. The molecule has 58 valence electrons. The summed E-state index contributed by atoms with van der Waals surface area (Å²) in [5.74, 6) is 1.92. The predicted octanol–water partition coefficient (Wildman–Crippen LogP) is 1.22. The van der Waals surface area contributed by atoms with Gasteiger partial charge in [-0.25, -0.2) is 0 Å². The fourth-order valence-electron chi connectivity index (χ4n) is 1.08. The van der Waals surface area contributed by atoms with Gasteiger partial charge in [0.2, 0.25) is 5.91 Å². The van der Waals surface area contributed by atoms with Gasteiger partial charge in [-0.15, -0.1) is 11.8 Å². The summed E-state index contributed by atoms with van der Waals surface area (Å²) in [6.07, 6.45) is 1.23. The lowest BCUT2D eigenvalue weighted by Crippen LogP contribution is -2.32. The molecule has 10 heavy (non-hydrogen) atoms. The molecule has 3 heteroatoms. The molecule has 0 aromatic rings. The second kappa shape index (κ2) is 3.28. The van der Waals surface area contributed by atoms with Crippen LogP contribution in [0.4, 0.5) is 0 Å². The van der Waals surface area contributed by atoms with Crippen molar-refractivity contribution in [1.29, 1.82) is 0 Å². The van der Waals surface area contributed by atoms with Gasteiger partial charge in [0.25, 0.3) is 0 Å². The topological polar surface area (TPSA) is 29.1 Å². The Labute approximate surface area is 65.8 Å². The average Bonchev–Trinajstić information content (AvgIpc) is 2.15. The molecule has 2 atom stereocenters. The minimum absolute atomic E-state index is 0.0891. The summed E-state index contributed by atoms with van der Waals surface area (Å²) in [4.78, 5) is 10.6. The number of amides is 1. The molecular weight excluding hydrogens is 146 g/mol. The summed E-state index contributed by atoms with van der Waals surface area (Å²) in [6.45, 7) is 3.76. The van der Waals surface area contributed by atoms with E-state index in [9.17, 15) is 4.79 Å². The second-order valence-electron chi connectivity index (χ2n) is 2.76. The Morgan fingerprint density at radius 3 is 2.80 bits per heavy atom. The Balaban J connectivity index is 2.33. The summed E-state index contributed by atoms with van der Waals surface area (Å²) in [6, 6.07) is 0. The molecule has 1 amide bonds. The molecule has 0 bridgehead atoms. The van der Waals surface area contributed by atoms with E-state index in [2.05, 4.69) is 12.2 Å². The molecule has 1 N–H and O–H groups in total. The highest BCUT2D eigenvalue weighted by Crippen LogP contribution is 2.29. The number of carbonyl (C=O) groups excluding carboxylic acids is 1. The fraction of sp³-hybridized carbons (Fsp3) is 0.857. The maximum absolute atomic E-state index is 10.6. The first-order valence-corrected chi connectivity index (χ1v) is 4.63. The van der Waals surface area contributed by atoms with E-state index in [1.165, 1.54) is 12.2 Å². The van der Waals surface area contributed by atoms with Crippen LogP contribution in [0.2, 0.25) is 0 Å². The molecule has 1 fully saturated rings. The summed E-state index contributed by atoms with van der Waals surface area (Å²) in [5, 5.41) is 3.29. The molecule has 2 unspecified atom stereocenters. The van der Waals surface area contributed by atoms with Crippen LogP contribution in [0.1, 0.15) is 20.3 Å². The predicted molar refractivity (Wildman–Crippen MR) is 43.8 cm³/mol. The van der Waals surface area contributed by atoms with Gasteiger partial charge in [-0.1, -0.05) is 6.92 Å². The van der Waals surface area contributed by atoms with Gasteiger partial charge in [0.1, 0.15) is 0 Å². The number of nitrogens with one attached hydrogen (secondary N) is 1. The van der Waals surface area contributed by atoms with E-state index in [0.29, 0.717) is 11.3 Å². The average molecular weight is 159 g/mol. The lowest BCUT2D eigenvalue weighted by Gasteiger charge is -2.14. The Hall–Kier alpha value is -0.180. The third-order valence-corrected chi connectivity index (χ3v) is 3.15. The van der Waals surface area contributed by atoms with Gasteiger partial charge in [0.05, 0.1) is 5.37 Å². The Bertz CT molecular complexity index is 138. The van der Waals surface area contributed by atoms with Gasteiger partial charge in [0, 0.05) is 6.92 Å². The van der Waals surface area contributed by atoms with E-state index in [4.69, 9.17) is 0 Å². The molecule has 0 saturated carbocycles. The second-order valence-corrected chi connectivity index (χ2v) is 4.01. The van der Waals surface area contributed by atoms with Crippen molar-refractivity contribution in [3.8, 4) is 0 Å². The Kier molecular flexibility index (Phi) is 2.60. The zero-order valence-corrected chi connectivity index (χ0v) is 7.20. The van der Waals surface area contributed by atoms with Crippen molar-refractivity contribution in [3.63, 3.8) is 0 Å². The molecule has 0 aromatic heterocycles. The Morgan fingerprint density at radius 2 is 2.40 bits per heavy atom. The van der Waals surface area contributed by atoms with Crippen molar-refractivity contribution in [2.45, 2.75) is 25.6 Å². The quantitative estimate of drug-likeness (QED) is 0.623. The highest BCUT2D eigenvalue weighted by molar-refractivity contribution is 8.00. The number of hydrogen-bond acceptors (Lipinski definition) is 2. The van der Waals surface area contributed by atoms with Gasteiger partial charge < -0.3 is 5.32 Å². The van der Waals surface area contributed by atoms with Crippen LogP contribution in [0, 0.1) is 5.92 Å². The first kappa shape index (κ1) is 7.92. The van der Waals surface area contributed by atoms with E-state index in [1.54, 1.807) is 6.92 Å². The SMILES string of the molecule is CC(=O)NC1SCCC1C. The third-order valence-electron chi connectivity index (χ3n) is 1.73. The minimum Gasteiger partial charge on any atom is -0.344 e. The highest BCUT2D eigenvalue weighted by Gasteiger charge is 2.23. The molecule has 1 aliphatic heterocycles. The van der Waals surface area contributed by atoms with Crippen molar-refractivity contribution in [1.82, 2.24) is 5.32 Å². The molecule has 0 aliphatic carbocycles. The van der Waals surface area contributed by atoms with E-state index in [1.807, 2.05) is 11.8 Å². The van der Waals surface area contributed by atoms with E-state index in [-0.39, 0.29) is 5.91 Å². The van der Waals surface area contributed by atoms with Crippen LogP contribution >= 0.6 is 11.8 Å². The number of rotatable bonds is 1. The first-order valence-electron chi connectivity index (χ1n) is 3.59. The van der Waals surface area contributed by atoms with Crippen LogP contribution < -0.4 is 5.32 Å². The van der Waals surface area contributed by atoms with Crippen molar-refractivity contribution in [3.05, 3.63) is 0 Å². The maximum Gasteiger partial charge on any atom is 0.217 e. The highest BCUT2D eigenvalue weighted by atomic mass is 32.2. The van der Waals surface area contributed by atoms with E-state index in [0.717, 1.165) is 0 Å². The molecule has 0 radical (unpaired) electrons. The van der Waals surface area contributed by atoms with Gasteiger partial charge >= 0.3 is 0 Å². The van der Waals surface area contributed by atoms with Crippen molar-refractivity contribution in [2.75, 3.05) is 5.75 Å². The molecule has 1 rings (SSSR count). The number of thioether (sulfide) groups is 1. The van der Waals surface area contributed by atoms with Crippen LogP contribution in [0.5, 0.6) is 0 Å². The molecule has 1 heterocycles. The standard InChI is InChI=1S/C7H13NOS/c1-5-3-4-10-7(5)8-6(2)9/h5,7H,3-4H2,1-2H3,(H,8,9). The number of carbonyl (C=O) groups is 1. The molecule has 0 aromatic carbocycles. The lowest BCUT2D eigenvalue weighted by molar-refractivity contribution is -0.119. The van der Waals surface area contributed by atoms with Crippen molar-refractivity contribution >= 4 is 17.7 Å². The van der Waals surface area contributed by atoms with Crippen LogP contribution in [0.25, 0.3) is 0 Å². The molecule has 1 aliphatic rings. The van der Waals surface area contributed by atoms with Gasteiger partial charge in [-0.2, -0.15) is 0 Å². The summed E-state index contributed by atoms with van der Waals surface area (Å²) in [7, 11) is 0. The van der Waals surface area contributed by atoms with Crippen molar-refractivity contribution < 1.29 is 4.79 Å². The lowest BCUT2D eigenvalue weighted by atomic mass is 10.1. The molecular formula is C7H13NOS. The van der Waals surface area contributed by atoms with Gasteiger partial charge in [-0.3, -0.25) is 4.79 Å². The zero-order chi connectivity index (χ0) is 7.56. The van der Waals surface area contributed by atoms with Gasteiger partial charge in [-0.05, 0) is 18.1 Å². The normalized spacial score (nSPS) is 32.2. The summed E-state index contributed by atoms with van der Waals surface area (Å²) < 4.78 is 0. The minimum atomic E-state index is 0.0891. The van der Waals surface area contributed by atoms with Gasteiger partial charge in [0.15, 0.2) is 0 Å². The van der Waals surface area contributed by atoms with E-state index < -0.39 is 0 Å². The Morgan fingerprint density at radius 1 is 1.70 bits per heavy atom. The van der Waals surface area contributed by atoms with Crippen LogP contribution in [0.15, 0.2) is 0 Å². The molecule has 0 spiro atoms. The summed E-state index contributed by atoms with van der Waals surface area (Å²) >= 11 is 1.85.